The molecule has 130 valence electrons. The first-order valence-corrected chi connectivity index (χ1v) is 8.00. The lowest BCUT2D eigenvalue weighted by molar-refractivity contribution is -0.342. The maximum absolute atomic E-state index is 12.8. The average molecular weight is 420 g/mol. The Kier molecular flexibility index (Phi) is 8.28. The van der Waals surface area contributed by atoms with Gasteiger partial charge in [0.2, 0.25) is 11.6 Å². The Morgan fingerprint density at radius 2 is 1.96 bits per heavy atom. The summed E-state index contributed by atoms with van der Waals surface area (Å²) in [6.45, 7) is 0.781. The molecule has 1 heterocycles. The minimum absolute atomic E-state index is 0. The van der Waals surface area contributed by atoms with Gasteiger partial charge in [0.25, 0.3) is 0 Å². The van der Waals surface area contributed by atoms with Crippen molar-refractivity contribution in [3.8, 4) is 0 Å². The van der Waals surface area contributed by atoms with E-state index < -0.39 is 6.09 Å². The number of carbonyl (C=O) groups is 1. The number of benzene rings is 1. The monoisotopic (exact) mass is 418 g/mol. The number of aromatic amines is 1. The molecule has 0 aliphatic carbocycles. The maximum atomic E-state index is 12.8. The number of nitrogen functional groups attached to an aromatic ring is 1. The first-order valence-electron chi connectivity index (χ1n) is 6.88. The van der Waals surface area contributed by atoms with Crippen LogP contribution in [0.4, 0.5) is 26.5 Å². The molecule has 1 amide bonds. The van der Waals surface area contributed by atoms with E-state index in [0.717, 1.165) is 5.56 Å². The Hall–Kier alpha value is -2.06. The molecule has 1 aromatic heterocycles. The van der Waals surface area contributed by atoms with Gasteiger partial charge < -0.3 is 28.2 Å². The lowest BCUT2D eigenvalue weighted by Crippen LogP contribution is -3.00. The van der Waals surface area contributed by atoms with Crippen molar-refractivity contribution in [2.75, 3.05) is 28.3 Å². The molecule has 0 spiro atoms. The van der Waals surface area contributed by atoms with Gasteiger partial charge in [-0.15, -0.1) is 0 Å². The van der Waals surface area contributed by atoms with Crippen LogP contribution in [0.3, 0.4) is 0 Å². The number of rotatable bonds is 6. The minimum Gasteiger partial charge on any atom is -1.00 e. The molecular weight excluding hydrogens is 403 g/mol. The number of hydrogen-bond donors (Lipinski definition) is 3. The van der Waals surface area contributed by atoms with Crippen LogP contribution in [0.1, 0.15) is 5.56 Å². The van der Waals surface area contributed by atoms with Crippen LogP contribution < -0.4 is 33.8 Å². The quantitative estimate of drug-likeness (QED) is 0.565. The third-order valence-electron chi connectivity index (χ3n) is 2.92. The topological polar surface area (TPSA) is 90.5 Å². The highest BCUT2D eigenvalue weighted by atomic mass is 79.9. The van der Waals surface area contributed by atoms with Crippen molar-refractivity contribution < 1.29 is 31.3 Å². The Morgan fingerprint density at radius 3 is 2.58 bits per heavy atom. The Labute approximate surface area is 153 Å². The second-order valence-corrected chi connectivity index (χ2v) is 5.42. The number of halogens is 3. The highest BCUT2D eigenvalue weighted by Gasteiger charge is 2.10. The highest BCUT2D eigenvalue weighted by Crippen LogP contribution is 2.15. The van der Waals surface area contributed by atoms with E-state index in [9.17, 15) is 9.18 Å². The van der Waals surface area contributed by atoms with E-state index in [4.69, 9.17) is 10.5 Å². The number of pyridine rings is 1. The molecule has 0 aliphatic rings. The summed E-state index contributed by atoms with van der Waals surface area (Å²) < 4.78 is 17.7. The molecule has 6 nitrogen and oxygen atoms in total. The van der Waals surface area contributed by atoms with Gasteiger partial charge in [-0.25, -0.2) is 14.2 Å². The Bertz CT molecular complexity index is 673. The number of nitrogens with one attached hydrogen (secondary N) is 3. The summed E-state index contributed by atoms with van der Waals surface area (Å²) in [5, 5.41) is 6.24. The Morgan fingerprint density at radius 1 is 1.25 bits per heavy atom. The number of alkyl halides is 1. The molecule has 9 heteroatoms. The standard InChI is InChI=1S/C15H16BrFN4O2.ClH/c16-7-8-23-15(22)20-12-5-6-13(21-14(12)18)19-9-10-1-3-11(17)4-2-10;/h1-6H,7-9H2,(H,20,22)(H3,18,19,21);1H. The third kappa shape index (κ3) is 6.21. The average Bonchev–Trinajstić information content (AvgIpc) is 2.54. The van der Waals surface area contributed by atoms with Crippen LogP contribution >= 0.6 is 15.9 Å². The SMILES string of the molecule is Nc1[nH+]c(NCc2ccc(F)cc2)ccc1NC(=O)OCCBr.[Cl-]. The second-order valence-electron chi connectivity index (χ2n) is 4.63. The molecule has 0 unspecified atom stereocenters. The van der Waals surface area contributed by atoms with E-state index in [0.29, 0.717) is 29.2 Å². The zero-order chi connectivity index (χ0) is 16.7. The van der Waals surface area contributed by atoms with Gasteiger partial charge in [-0.2, -0.15) is 0 Å². The number of aromatic nitrogens is 1. The normalized spacial score (nSPS) is 9.75. The summed E-state index contributed by atoms with van der Waals surface area (Å²) in [5.41, 5.74) is 7.22. The van der Waals surface area contributed by atoms with Crippen molar-refractivity contribution in [3.05, 3.63) is 47.8 Å². The smallest absolute Gasteiger partial charge is 0.411 e. The van der Waals surface area contributed by atoms with E-state index in [-0.39, 0.29) is 24.8 Å². The van der Waals surface area contributed by atoms with E-state index in [1.807, 2.05) is 0 Å². The van der Waals surface area contributed by atoms with Crippen LogP contribution in [0.2, 0.25) is 0 Å². The predicted octanol–water partition coefficient (Wildman–Crippen LogP) is -0.219. The fraction of sp³-hybridized carbons (Fsp3) is 0.200. The molecule has 0 saturated heterocycles. The van der Waals surface area contributed by atoms with Crippen molar-refractivity contribution in [1.29, 1.82) is 0 Å². The third-order valence-corrected chi connectivity index (χ3v) is 3.24. The number of nitrogens with two attached hydrogens (primary N) is 1. The lowest BCUT2D eigenvalue weighted by Gasteiger charge is -2.08. The summed E-state index contributed by atoms with van der Waals surface area (Å²) in [4.78, 5) is 14.4. The number of ether oxygens (including phenoxy) is 1. The van der Waals surface area contributed by atoms with Gasteiger partial charge in [-0.1, -0.05) is 28.1 Å². The van der Waals surface area contributed by atoms with Crippen LogP contribution in [0.25, 0.3) is 0 Å². The molecule has 2 rings (SSSR count). The van der Waals surface area contributed by atoms with Crippen LogP contribution in [0, 0.1) is 5.82 Å². The number of H-pyrrole nitrogens is 1. The molecule has 0 fully saturated rings. The lowest BCUT2D eigenvalue weighted by atomic mass is 10.2. The summed E-state index contributed by atoms with van der Waals surface area (Å²) in [6, 6.07) is 9.60. The number of amides is 1. The summed E-state index contributed by atoms with van der Waals surface area (Å²) >= 11 is 3.16. The van der Waals surface area contributed by atoms with Crippen molar-refractivity contribution >= 4 is 39.3 Å². The predicted molar refractivity (Wildman–Crippen MR) is 89.9 cm³/mol. The second kappa shape index (κ2) is 9.94. The molecule has 5 N–H and O–H groups in total. The van der Waals surface area contributed by atoms with Crippen molar-refractivity contribution in [2.45, 2.75) is 6.54 Å². The highest BCUT2D eigenvalue weighted by molar-refractivity contribution is 9.09. The summed E-state index contributed by atoms with van der Waals surface area (Å²) in [7, 11) is 0. The summed E-state index contributed by atoms with van der Waals surface area (Å²) in [6.07, 6.45) is -0.573. The first-order chi connectivity index (χ1) is 11.1. The van der Waals surface area contributed by atoms with E-state index in [1.165, 1.54) is 12.1 Å². The largest absolute Gasteiger partial charge is 1.00 e. The van der Waals surface area contributed by atoms with Gasteiger partial charge in [-0.3, -0.25) is 5.32 Å². The zero-order valence-corrected chi connectivity index (χ0v) is 15.0. The minimum atomic E-state index is -0.573. The number of carbonyl (C=O) groups excluding carboxylic acids is 1. The van der Waals surface area contributed by atoms with Crippen LogP contribution in [0.5, 0.6) is 0 Å². The molecule has 0 atom stereocenters. The summed E-state index contributed by atoms with van der Waals surface area (Å²) in [5.74, 6) is 0.697. The molecule has 24 heavy (non-hydrogen) atoms. The number of hydrogen-bond acceptors (Lipinski definition) is 4. The van der Waals surface area contributed by atoms with Gasteiger partial charge in [0.15, 0.2) is 0 Å². The van der Waals surface area contributed by atoms with E-state index in [2.05, 4.69) is 31.5 Å². The molecule has 1 aromatic carbocycles. The van der Waals surface area contributed by atoms with Gasteiger partial charge in [0.05, 0.1) is 6.54 Å². The first kappa shape index (κ1) is 20.0. The van der Waals surface area contributed by atoms with E-state index >= 15 is 0 Å². The van der Waals surface area contributed by atoms with Crippen LogP contribution in [-0.4, -0.2) is 18.0 Å². The zero-order valence-electron chi connectivity index (χ0n) is 12.6. The molecule has 2 aromatic rings. The molecule has 0 radical (unpaired) electrons. The van der Waals surface area contributed by atoms with E-state index in [1.54, 1.807) is 24.3 Å². The molecule has 0 saturated carbocycles. The molecule has 0 bridgehead atoms. The van der Waals surface area contributed by atoms with Gasteiger partial charge in [-0.05, 0) is 23.8 Å². The fourth-order valence-corrected chi connectivity index (χ4v) is 1.96. The molecular formula is C15H17BrClFN4O2. The van der Waals surface area contributed by atoms with Crippen molar-refractivity contribution in [3.63, 3.8) is 0 Å². The van der Waals surface area contributed by atoms with Gasteiger partial charge >= 0.3 is 6.09 Å². The van der Waals surface area contributed by atoms with Gasteiger partial charge in [0, 0.05) is 11.4 Å². The van der Waals surface area contributed by atoms with Gasteiger partial charge in [0.1, 0.15) is 18.1 Å². The van der Waals surface area contributed by atoms with Crippen LogP contribution in [0.15, 0.2) is 36.4 Å². The molecule has 0 aliphatic heterocycles. The van der Waals surface area contributed by atoms with Crippen molar-refractivity contribution in [1.82, 2.24) is 0 Å². The van der Waals surface area contributed by atoms with Crippen LogP contribution in [-0.2, 0) is 11.3 Å². The fourth-order valence-electron chi connectivity index (χ4n) is 1.80. The van der Waals surface area contributed by atoms with Crippen molar-refractivity contribution in [2.24, 2.45) is 0 Å². The Balaban J connectivity index is 0.00000288. The number of anilines is 3. The maximum Gasteiger partial charge on any atom is 0.411 e.